The van der Waals surface area contributed by atoms with Crippen LogP contribution in [-0.4, -0.2) is 24.6 Å². The number of amides is 1. The van der Waals surface area contributed by atoms with Gasteiger partial charge in [-0.05, 0) is 37.1 Å². The third kappa shape index (κ3) is 5.70. The summed E-state index contributed by atoms with van der Waals surface area (Å²) in [5, 5.41) is 2.86. The number of nitrogens with one attached hydrogen (secondary N) is 1. The van der Waals surface area contributed by atoms with Gasteiger partial charge in [0, 0.05) is 11.3 Å². The number of carbonyl (C=O) groups is 2. The summed E-state index contributed by atoms with van der Waals surface area (Å²) in [5.41, 5.74) is 3.55. The second kappa shape index (κ2) is 10.3. The Labute approximate surface area is 176 Å². The van der Waals surface area contributed by atoms with E-state index in [0.29, 0.717) is 5.69 Å². The van der Waals surface area contributed by atoms with Crippen molar-refractivity contribution in [2.75, 3.05) is 11.9 Å². The molecule has 0 aliphatic carbocycles. The lowest BCUT2D eigenvalue weighted by Crippen LogP contribution is -2.30. The van der Waals surface area contributed by atoms with Crippen molar-refractivity contribution in [3.63, 3.8) is 0 Å². The van der Waals surface area contributed by atoms with Crippen LogP contribution in [0.25, 0.3) is 11.1 Å². The zero-order valence-corrected chi connectivity index (χ0v) is 17.1. The van der Waals surface area contributed by atoms with E-state index in [-0.39, 0.29) is 18.9 Å². The van der Waals surface area contributed by atoms with Gasteiger partial charge in [0.1, 0.15) is 5.75 Å². The number of carbonyl (C=O) groups excluding carboxylic acids is 2. The maximum atomic E-state index is 12.6. The number of anilines is 1. The number of hydrogen-bond acceptors (Lipinski definition) is 4. The lowest BCUT2D eigenvalue weighted by Gasteiger charge is -2.16. The molecule has 1 amide bonds. The summed E-state index contributed by atoms with van der Waals surface area (Å²) >= 11 is 0. The van der Waals surface area contributed by atoms with E-state index in [0.717, 1.165) is 22.4 Å². The molecule has 154 valence electrons. The summed E-state index contributed by atoms with van der Waals surface area (Å²) in [6.07, 6.45) is -0.855. The molecule has 0 saturated carbocycles. The Morgan fingerprint density at radius 3 is 2.33 bits per heavy atom. The second-order valence-electron chi connectivity index (χ2n) is 6.90. The molecule has 30 heavy (non-hydrogen) atoms. The van der Waals surface area contributed by atoms with Crippen LogP contribution < -0.4 is 10.1 Å². The van der Waals surface area contributed by atoms with Crippen molar-refractivity contribution < 1.29 is 19.1 Å². The average Bonchev–Trinajstić information content (AvgIpc) is 2.76. The van der Waals surface area contributed by atoms with Crippen molar-refractivity contribution in [3.05, 3.63) is 84.4 Å². The minimum Gasteiger partial charge on any atom is -0.493 e. The largest absolute Gasteiger partial charge is 0.493 e. The van der Waals surface area contributed by atoms with Crippen LogP contribution in [0.4, 0.5) is 5.69 Å². The van der Waals surface area contributed by atoms with Crippen LogP contribution in [0.5, 0.6) is 5.75 Å². The summed E-state index contributed by atoms with van der Waals surface area (Å²) in [6.45, 7) is 3.68. The van der Waals surface area contributed by atoms with Gasteiger partial charge < -0.3 is 14.8 Å². The first-order valence-corrected chi connectivity index (χ1v) is 9.88. The standard InChI is InChI=1S/C25H25NO4/c1-18-10-6-9-15-23(18)29-17-16-24(27)30-19(2)25(28)26-22-14-8-7-13-21(22)20-11-4-3-5-12-20/h3-15,19H,16-17H2,1-2H3,(H,26,28)/t19-/m0/s1. The first-order valence-electron chi connectivity index (χ1n) is 9.88. The van der Waals surface area contributed by atoms with Gasteiger partial charge in [-0.15, -0.1) is 0 Å². The highest BCUT2D eigenvalue weighted by Gasteiger charge is 2.19. The zero-order chi connectivity index (χ0) is 21.3. The van der Waals surface area contributed by atoms with Crippen molar-refractivity contribution in [1.29, 1.82) is 0 Å². The van der Waals surface area contributed by atoms with E-state index in [2.05, 4.69) is 5.32 Å². The van der Waals surface area contributed by atoms with E-state index < -0.39 is 12.1 Å². The Kier molecular flexibility index (Phi) is 7.22. The molecule has 3 rings (SSSR count). The summed E-state index contributed by atoms with van der Waals surface area (Å²) in [7, 11) is 0. The van der Waals surface area contributed by atoms with Crippen LogP contribution in [0.3, 0.4) is 0 Å². The SMILES string of the molecule is Cc1ccccc1OCCC(=O)O[C@@H](C)C(=O)Nc1ccccc1-c1ccccc1. The van der Waals surface area contributed by atoms with Crippen LogP contribution in [0, 0.1) is 6.92 Å². The van der Waals surface area contributed by atoms with E-state index in [1.807, 2.05) is 85.8 Å². The van der Waals surface area contributed by atoms with Crippen LogP contribution >= 0.6 is 0 Å². The Balaban J connectivity index is 1.53. The minimum atomic E-state index is -0.917. The predicted octanol–water partition coefficient (Wildman–Crippen LogP) is 5.00. The summed E-state index contributed by atoms with van der Waals surface area (Å²) in [4.78, 5) is 24.6. The molecule has 0 bridgehead atoms. The fourth-order valence-electron chi connectivity index (χ4n) is 2.97. The van der Waals surface area contributed by atoms with Crippen molar-refractivity contribution in [2.45, 2.75) is 26.4 Å². The Bertz CT molecular complexity index is 1000. The van der Waals surface area contributed by atoms with Gasteiger partial charge in [-0.2, -0.15) is 0 Å². The summed E-state index contributed by atoms with van der Waals surface area (Å²) in [5.74, 6) is -0.136. The third-order valence-corrected chi connectivity index (χ3v) is 4.60. The molecule has 0 spiro atoms. The van der Waals surface area contributed by atoms with E-state index in [9.17, 15) is 9.59 Å². The minimum absolute atomic E-state index is 0.0621. The molecule has 0 unspecified atom stereocenters. The molecule has 3 aromatic carbocycles. The number of para-hydroxylation sites is 2. The molecule has 1 atom stereocenters. The Hall–Kier alpha value is -3.60. The number of ether oxygens (including phenoxy) is 2. The lowest BCUT2D eigenvalue weighted by atomic mass is 10.0. The van der Waals surface area contributed by atoms with Crippen molar-refractivity contribution >= 4 is 17.6 Å². The molecule has 1 N–H and O–H groups in total. The van der Waals surface area contributed by atoms with Gasteiger partial charge in [-0.3, -0.25) is 9.59 Å². The number of hydrogen-bond donors (Lipinski definition) is 1. The molecular formula is C25H25NO4. The third-order valence-electron chi connectivity index (χ3n) is 4.60. The normalized spacial score (nSPS) is 11.4. The van der Waals surface area contributed by atoms with Crippen molar-refractivity contribution in [3.8, 4) is 16.9 Å². The molecule has 5 heteroatoms. The molecular weight excluding hydrogens is 378 g/mol. The first-order chi connectivity index (χ1) is 14.5. The van der Waals surface area contributed by atoms with Crippen LogP contribution in [-0.2, 0) is 14.3 Å². The molecule has 0 heterocycles. The fraction of sp³-hybridized carbons (Fsp3) is 0.200. The van der Waals surface area contributed by atoms with Gasteiger partial charge in [0.25, 0.3) is 5.91 Å². The predicted molar refractivity (Wildman–Crippen MR) is 117 cm³/mol. The highest BCUT2D eigenvalue weighted by atomic mass is 16.5. The zero-order valence-electron chi connectivity index (χ0n) is 17.1. The molecule has 0 radical (unpaired) electrons. The molecule has 0 saturated heterocycles. The smallest absolute Gasteiger partial charge is 0.310 e. The highest BCUT2D eigenvalue weighted by molar-refractivity contribution is 5.98. The Morgan fingerprint density at radius 2 is 1.57 bits per heavy atom. The summed E-state index contributed by atoms with van der Waals surface area (Å²) in [6, 6.07) is 24.9. The van der Waals surface area contributed by atoms with Crippen molar-refractivity contribution in [2.24, 2.45) is 0 Å². The number of rotatable bonds is 8. The van der Waals surface area contributed by atoms with Gasteiger partial charge in [-0.25, -0.2) is 0 Å². The van der Waals surface area contributed by atoms with Crippen molar-refractivity contribution in [1.82, 2.24) is 0 Å². The molecule has 0 fully saturated rings. The van der Waals surface area contributed by atoms with Crippen LogP contribution in [0.15, 0.2) is 78.9 Å². The van der Waals surface area contributed by atoms with E-state index >= 15 is 0 Å². The second-order valence-corrected chi connectivity index (χ2v) is 6.90. The van der Waals surface area contributed by atoms with Gasteiger partial charge >= 0.3 is 5.97 Å². The van der Waals surface area contributed by atoms with E-state index in [1.165, 1.54) is 0 Å². The average molecular weight is 403 g/mol. The van der Waals surface area contributed by atoms with Crippen LogP contribution in [0.1, 0.15) is 18.9 Å². The van der Waals surface area contributed by atoms with Gasteiger partial charge in [-0.1, -0.05) is 66.7 Å². The topological polar surface area (TPSA) is 64.6 Å². The van der Waals surface area contributed by atoms with Gasteiger partial charge in [0.2, 0.25) is 0 Å². The number of aryl methyl sites for hydroxylation is 1. The number of esters is 1. The lowest BCUT2D eigenvalue weighted by molar-refractivity contribution is -0.153. The number of benzene rings is 3. The van der Waals surface area contributed by atoms with E-state index in [1.54, 1.807) is 6.92 Å². The molecule has 0 aromatic heterocycles. The highest BCUT2D eigenvalue weighted by Crippen LogP contribution is 2.27. The molecule has 5 nitrogen and oxygen atoms in total. The maximum Gasteiger partial charge on any atom is 0.310 e. The maximum absolute atomic E-state index is 12.6. The quantitative estimate of drug-likeness (QED) is 0.538. The van der Waals surface area contributed by atoms with Gasteiger partial charge in [0.05, 0.1) is 13.0 Å². The first kappa shape index (κ1) is 21.1. The molecule has 0 aliphatic rings. The fourth-order valence-corrected chi connectivity index (χ4v) is 2.97. The Morgan fingerprint density at radius 1 is 0.900 bits per heavy atom. The molecule has 0 aliphatic heterocycles. The van der Waals surface area contributed by atoms with Crippen LogP contribution in [0.2, 0.25) is 0 Å². The summed E-state index contributed by atoms with van der Waals surface area (Å²) < 4.78 is 10.9. The van der Waals surface area contributed by atoms with Gasteiger partial charge in [0.15, 0.2) is 6.10 Å². The molecule has 3 aromatic rings. The monoisotopic (exact) mass is 403 g/mol. The van der Waals surface area contributed by atoms with E-state index in [4.69, 9.17) is 9.47 Å².